The molecule has 27 heavy (non-hydrogen) atoms. The van der Waals surface area contributed by atoms with Gasteiger partial charge in [0.1, 0.15) is 18.5 Å². The first kappa shape index (κ1) is 18.3. The molecule has 2 aromatic rings. The highest BCUT2D eigenvalue weighted by Gasteiger charge is 2.40. The summed E-state index contributed by atoms with van der Waals surface area (Å²) in [6.07, 6.45) is -0.0436. The fourth-order valence-electron chi connectivity index (χ4n) is 4.43. The lowest BCUT2D eigenvalue weighted by atomic mass is 10.0. The van der Waals surface area contributed by atoms with Gasteiger partial charge in [0.2, 0.25) is 0 Å². The molecular weight excluding hydrogens is 364 g/mol. The number of esters is 1. The molecule has 0 aliphatic carbocycles. The summed E-state index contributed by atoms with van der Waals surface area (Å²) >= 11 is 0. The van der Waals surface area contributed by atoms with Crippen molar-refractivity contribution >= 4 is 16.9 Å². The van der Waals surface area contributed by atoms with Gasteiger partial charge in [0, 0.05) is 42.0 Å². The molecule has 2 aliphatic rings. The first-order valence-electron chi connectivity index (χ1n) is 8.99. The zero-order valence-corrected chi connectivity index (χ0v) is 14.8. The summed E-state index contributed by atoms with van der Waals surface area (Å²) in [6.45, 7) is -1.25. The van der Waals surface area contributed by atoms with E-state index in [1.165, 1.54) is 6.07 Å². The van der Waals surface area contributed by atoms with E-state index in [2.05, 4.69) is 11.9 Å². The van der Waals surface area contributed by atoms with Crippen LogP contribution in [-0.4, -0.2) is 46.8 Å². The summed E-state index contributed by atoms with van der Waals surface area (Å²) in [7, 11) is 2.06. The molecule has 8 heteroatoms. The molecule has 146 valence electrons. The third-order valence-electron chi connectivity index (χ3n) is 5.74. The summed E-state index contributed by atoms with van der Waals surface area (Å²) in [5.41, 5.74) is 0.129. The van der Waals surface area contributed by atoms with Crippen molar-refractivity contribution in [2.24, 2.45) is 0 Å². The van der Waals surface area contributed by atoms with Crippen LogP contribution in [0.2, 0.25) is 0 Å². The van der Waals surface area contributed by atoms with E-state index in [4.69, 9.17) is 4.74 Å². The molecule has 1 aromatic heterocycles. The van der Waals surface area contributed by atoms with Crippen molar-refractivity contribution in [2.75, 3.05) is 7.05 Å². The molecule has 0 unspecified atom stereocenters. The van der Waals surface area contributed by atoms with E-state index in [-0.39, 0.29) is 22.6 Å². The summed E-state index contributed by atoms with van der Waals surface area (Å²) in [4.78, 5) is 15.0. The summed E-state index contributed by atoms with van der Waals surface area (Å²) in [6, 6.07) is 4.15. The molecule has 4 rings (SSSR count). The smallest absolute Gasteiger partial charge is 0.406 e. The highest BCUT2D eigenvalue weighted by atomic mass is 19.4. The lowest BCUT2D eigenvalue weighted by Crippen LogP contribution is -2.43. The van der Waals surface area contributed by atoms with Crippen LogP contribution in [0.1, 0.15) is 36.0 Å². The number of hydrogen-bond donors (Lipinski definition) is 0. The first-order chi connectivity index (χ1) is 12.7. The van der Waals surface area contributed by atoms with E-state index in [9.17, 15) is 22.4 Å². The molecule has 0 saturated carbocycles. The van der Waals surface area contributed by atoms with Crippen molar-refractivity contribution in [1.82, 2.24) is 9.47 Å². The van der Waals surface area contributed by atoms with Crippen LogP contribution in [0.25, 0.3) is 10.9 Å². The minimum absolute atomic E-state index is 0.0278. The van der Waals surface area contributed by atoms with E-state index < -0.39 is 24.5 Å². The molecule has 0 N–H and O–H groups in total. The van der Waals surface area contributed by atoms with Gasteiger partial charge < -0.3 is 14.2 Å². The minimum Gasteiger partial charge on any atom is -0.459 e. The zero-order chi connectivity index (χ0) is 19.3. The van der Waals surface area contributed by atoms with Crippen LogP contribution < -0.4 is 0 Å². The number of aromatic nitrogens is 1. The van der Waals surface area contributed by atoms with E-state index in [1.54, 1.807) is 0 Å². The van der Waals surface area contributed by atoms with Crippen molar-refractivity contribution < 1.29 is 27.1 Å². The third-order valence-corrected chi connectivity index (χ3v) is 5.74. The van der Waals surface area contributed by atoms with Crippen molar-refractivity contribution in [1.29, 1.82) is 0 Å². The maximum absolute atomic E-state index is 13.7. The molecule has 3 atom stereocenters. The Kier molecular flexibility index (Phi) is 4.41. The number of hydrogen-bond acceptors (Lipinski definition) is 3. The molecule has 2 bridgehead atoms. The lowest BCUT2D eigenvalue weighted by molar-refractivity contribution is -0.139. The number of piperidine rings is 1. The molecule has 3 heterocycles. The van der Waals surface area contributed by atoms with Gasteiger partial charge in [0.25, 0.3) is 0 Å². The number of ether oxygens (including phenoxy) is 1. The second-order valence-corrected chi connectivity index (χ2v) is 7.50. The zero-order valence-electron chi connectivity index (χ0n) is 14.8. The van der Waals surface area contributed by atoms with Crippen LogP contribution in [-0.2, 0) is 11.3 Å². The Morgan fingerprint density at radius 3 is 2.52 bits per heavy atom. The molecule has 2 saturated heterocycles. The number of nitrogens with zero attached hydrogens (tertiary/aromatic N) is 2. The second kappa shape index (κ2) is 6.51. The molecule has 2 fully saturated rings. The maximum Gasteiger partial charge on any atom is 0.406 e. The first-order valence-corrected chi connectivity index (χ1v) is 8.99. The summed E-state index contributed by atoms with van der Waals surface area (Å²) < 4.78 is 58.7. The van der Waals surface area contributed by atoms with E-state index in [1.807, 2.05) is 0 Å². The Balaban J connectivity index is 1.61. The molecular formula is C19H20F4N2O2. The van der Waals surface area contributed by atoms with Gasteiger partial charge >= 0.3 is 12.1 Å². The summed E-state index contributed by atoms with van der Waals surface area (Å²) in [5.74, 6) is -1.31. The Bertz CT molecular complexity index is 862. The number of rotatable bonds is 3. The summed E-state index contributed by atoms with van der Waals surface area (Å²) in [5, 5.41) is 0.139. The number of carbonyl (C=O) groups is 1. The normalized spacial score (nSPS) is 25.9. The van der Waals surface area contributed by atoms with Gasteiger partial charge in [-0.25, -0.2) is 9.18 Å². The fraction of sp³-hybridized carbons (Fsp3) is 0.526. The Hall–Kier alpha value is -2.09. The van der Waals surface area contributed by atoms with Crippen molar-refractivity contribution in [3.63, 3.8) is 0 Å². The molecule has 0 radical (unpaired) electrons. The predicted molar refractivity (Wildman–Crippen MR) is 91.0 cm³/mol. The van der Waals surface area contributed by atoms with Crippen LogP contribution >= 0.6 is 0 Å². The van der Waals surface area contributed by atoms with Gasteiger partial charge in [0.05, 0.1) is 5.56 Å². The maximum atomic E-state index is 13.7. The quantitative estimate of drug-likeness (QED) is 0.590. The van der Waals surface area contributed by atoms with Crippen LogP contribution in [0.3, 0.4) is 0 Å². The van der Waals surface area contributed by atoms with E-state index in [0.717, 1.165) is 35.7 Å². The van der Waals surface area contributed by atoms with Gasteiger partial charge in [-0.3, -0.25) is 0 Å². The van der Waals surface area contributed by atoms with E-state index in [0.29, 0.717) is 24.9 Å². The minimum atomic E-state index is -4.45. The van der Waals surface area contributed by atoms with Gasteiger partial charge in [-0.2, -0.15) is 13.2 Å². The average molecular weight is 384 g/mol. The van der Waals surface area contributed by atoms with Crippen LogP contribution in [0.15, 0.2) is 24.4 Å². The molecule has 0 amide bonds. The lowest BCUT2D eigenvalue weighted by Gasteiger charge is -2.35. The predicted octanol–water partition coefficient (Wildman–Crippen LogP) is 4.12. The SMILES string of the molecule is CN1[C@@H]2CC[C@H]1C[C@H](OC(=O)c1cn(CC(F)(F)F)c3ccc(F)cc13)C2. The average Bonchev–Trinajstić information content (AvgIpc) is 2.98. The highest BCUT2D eigenvalue weighted by molar-refractivity contribution is 6.04. The number of carbonyl (C=O) groups excluding carboxylic acids is 1. The topological polar surface area (TPSA) is 34.5 Å². The largest absolute Gasteiger partial charge is 0.459 e. The van der Waals surface area contributed by atoms with Crippen LogP contribution in [0.5, 0.6) is 0 Å². The van der Waals surface area contributed by atoms with E-state index >= 15 is 0 Å². The molecule has 1 aromatic carbocycles. The van der Waals surface area contributed by atoms with Gasteiger partial charge in [-0.15, -0.1) is 0 Å². The standard InChI is InChI=1S/C19H20F4N2O2/c1-24-12-3-4-13(24)8-14(7-12)27-18(26)16-9-25(10-19(21,22)23)17-5-2-11(20)6-15(16)17/h2,5-6,9,12-14H,3-4,7-8,10H2,1H3/t12-,13+,14-. The van der Waals surface area contributed by atoms with Gasteiger partial charge in [-0.1, -0.05) is 0 Å². The molecule has 4 nitrogen and oxygen atoms in total. The number of fused-ring (bicyclic) bond motifs is 3. The molecule has 2 aliphatic heterocycles. The fourth-order valence-corrected chi connectivity index (χ4v) is 4.43. The number of alkyl halides is 3. The van der Waals surface area contributed by atoms with Crippen molar-refractivity contribution in [2.45, 2.75) is 56.6 Å². The molecule has 0 spiro atoms. The van der Waals surface area contributed by atoms with Crippen LogP contribution in [0.4, 0.5) is 17.6 Å². The van der Waals surface area contributed by atoms with Gasteiger partial charge in [0.15, 0.2) is 0 Å². The number of halogens is 4. The van der Waals surface area contributed by atoms with Crippen LogP contribution in [0, 0.1) is 5.82 Å². The van der Waals surface area contributed by atoms with Gasteiger partial charge in [-0.05, 0) is 38.1 Å². The Morgan fingerprint density at radius 2 is 1.89 bits per heavy atom. The Labute approximate surface area is 153 Å². The van der Waals surface area contributed by atoms with Crippen molar-refractivity contribution in [3.8, 4) is 0 Å². The number of benzene rings is 1. The Morgan fingerprint density at radius 1 is 1.22 bits per heavy atom. The second-order valence-electron chi connectivity index (χ2n) is 7.50. The third kappa shape index (κ3) is 3.54. The van der Waals surface area contributed by atoms with Crippen molar-refractivity contribution in [3.05, 3.63) is 35.8 Å². The monoisotopic (exact) mass is 384 g/mol. The highest BCUT2D eigenvalue weighted by Crippen LogP contribution is 2.36.